The lowest BCUT2D eigenvalue weighted by Gasteiger charge is -2.06. The van der Waals surface area contributed by atoms with Gasteiger partial charge >= 0.3 is 0 Å². The average Bonchev–Trinajstić information content (AvgIpc) is 3.43. The highest BCUT2D eigenvalue weighted by Gasteiger charge is 2.19. The number of hydrogen-bond donors (Lipinski definition) is 2. The number of halogens is 1. The fourth-order valence-corrected chi connectivity index (χ4v) is 2.74. The quantitative estimate of drug-likeness (QED) is 0.505. The third kappa shape index (κ3) is 4.02. The Morgan fingerprint density at radius 3 is 2.48 bits per heavy atom. The van der Waals surface area contributed by atoms with E-state index in [1.807, 2.05) is 0 Å². The molecule has 4 aromatic rings. The zero-order valence-electron chi connectivity index (χ0n) is 14.9. The van der Waals surface area contributed by atoms with Gasteiger partial charge in [0, 0.05) is 23.5 Å². The van der Waals surface area contributed by atoms with E-state index in [0.29, 0.717) is 27.7 Å². The summed E-state index contributed by atoms with van der Waals surface area (Å²) in [4.78, 5) is 28.5. The Morgan fingerprint density at radius 2 is 1.79 bits per heavy atom. The number of rotatable bonds is 4. The van der Waals surface area contributed by atoms with Crippen molar-refractivity contribution in [3.63, 3.8) is 0 Å². The maximum atomic E-state index is 12.5. The van der Waals surface area contributed by atoms with Crippen LogP contribution >= 0.6 is 11.6 Å². The summed E-state index contributed by atoms with van der Waals surface area (Å²) in [7, 11) is 0. The number of carbonyl (C=O) groups is 2. The number of nitrogens with one attached hydrogen (secondary N) is 2. The molecule has 0 saturated carbocycles. The van der Waals surface area contributed by atoms with Gasteiger partial charge in [-0.15, -0.1) is 0 Å². The van der Waals surface area contributed by atoms with Crippen LogP contribution in [-0.4, -0.2) is 26.6 Å². The summed E-state index contributed by atoms with van der Waals surface area (Å²) in [6.45, 7) is 0. The zero-order chi connectivity index (χ0) is 20.2. The molecule has 0 saturated heterocycles. The molecule has 0 fully saturated rings. The summed E-state index contributed by atoms with van der Waals surface area (Å²) in [5, 5.41) is 4.93. The molecule has 144 valence electrons. The molecule has 1 aromatic carbocycles. The van der Waals surface area contributed by atoms with Crippen molar-refractivity contribution < 1.29 is 14.0 Å². The van der Waals surface area contributed by atoms with Crippen LogP contribution in [0.25, 0.3) is 17.1 Å². The second-order valence-corrected chi connectivity index (χ2v) is 6.37. The van der Waals surface area contributed by atoms with Crippen LogP contribution in [0.4, 0.5) is 0 Å². The first-order chi connectivity index (χ1) is 14.1. The molecule has 0 spiro atoms. The van der Waals surface area contributed by atoms with Crippen LogP contribution in [0.5, 0.6) is 0 Å². The normalized spacial score (nSPS) is 10.5. The van der Waals surface area contributed by atoms with Crippen molar-refractivity contribution in [3.8, 4) is 17.1 Å². The van der Waals surface area contributed by atoms with Gasteiger partial charge in [-0.05, 0) is 48.5 Å². The number of pyridine rings is 1. The molecule has 0 bridgehead atoms. The van der Waals surface area contributed by atoms with Crippen LogP contribution in [0.3, 0.4) is 0 Å². The highest BCUT2D eigenvalue weighted by Crippen LogP contribution is 2.25. The van der Waals surface area contributed by atoms with Crippen LogP contribution in [0.15, 0.2) is 77.7 Å². The molecule has 2 amide bonds. The number of carbonyl (C=O) groups excluding carboxylic acids is 2. The van der Waals surface area contributed by atoms with Crippen molar-refractivity contribution in [2.24, 2.45) is 0 Å². The Labute approximate surface area is 170 Å². The second kappa shape index (κ2) is 7.99. The number of furan rings is 1. The summed E-state index contributed by atoms with van der Waals surface area (Å²) < 4.78 is 7.02. The van der Waals surface area contributed by atoms with E-state index in [1.165, 1.54) is 12.5 Å². The van der Waals surface area contributed by atoms with Crippen molar-refractivity contribution in [2.45, 2.75) is 0 Å². The molecule has 0 radical (unpaired) electrons. The molecule has 0 aliphatic heterocycles. The Balaban J connectivity index is 1.59. The molecule has 4 rings (SSSR count). The highest BCUT2D eigenvalue weighted by molar-refractivity contribution is 6.30. The van der Waals surface area contributed by atoms with E-state index in [9.17, 15) is 9.59 Å². The van der Waals surface area contributed by atoms with Gasteiger partial charge in [0.1, 0.15) is 5.69 Å². The number of hydrazine groups is 1. The summed E-state index contributed by atoms with van der Waals surface area (Å²) >= 11 is 5.96. The maximum absolute atomic E-state index is 12.5. The molecule has 3 aromatic heterocycles. The molecule has 0 aliphatic rings. The molecule has 0 atom stereocenters. The first-order valence-electron chi connectivity index (χ1n) is 8.52. The van der Waals surface area contributed by atoms with Crippen LogP contribution in [0.2, 0.25) is 5.02 Å². The van der Waals surface area contributed by atoms with Gasteiger partial charge in [-0.2, -0.15) is 5.10 Å². The van der Waals surface area contributed by atoms with E-state index in [1.54, 1.807) is 65.5 Å². The maximum Gasteiger partial charge on any atom is 0.290 e. The first kappa shape index (κ1) is 18.5. The number of amides is 2. The number of nitrogens with zero attached hydrogens (tertiary/aromatic N) is 3. The minimum absolute atomic E-state index is 0.0952. The van der Waals surface area contributed by atoms with Gasteiger partial charge in [0.25, 0.3) is 11.8 Å². The zero-order valence-corrected chi connectivity index (χ0v) is 15.6. The summed E-state index contributed by atoms with van der Waals surface area (Å²) in [5.74, 6) is -0.538. The Hall–Kier alpha value is -3.91. The largest absolute Gasteiger partial charge is 0.463 e. The lowest BCUT2D eigenvalue weighted by atomic mass is 10.2. The van der Waals surface area contributed by atoms with E-state index in [2.05, 4.69) is 20.9 Å². The van der Waals surface area contributed by atoms with Crippen molar-refractivity contribution in [1.82, 2.24) is 25.6 Å². The van der Waals surface area contributed by atoms with E-state index in [-0.39, 0.29) is 5.69 Å². The van der Waals surface area contributed by atoms with Gasteiger partial charge in [-0.3, -0.25) is 25.4 Å². The molecule has 0 unspecified atom stereocenters. The van der Waals surface area contributed by atoms with Gasteiger partial charge in [-0.1, -0.05) is 11.6 Å². The number of hydrogen-bond acceptors (Lipinski definition) is 5. The fraction of sp³-hybridized carbons (Fsp3) is 0. The SMILES string of the molecule is O=C(NNC(=O)c1cc(-c2ccco2)n(-c2ccc(Cl)cc2)n1)c1cccnc1. The summed E-state index contributed by atoms with van der Waals surface area (Å²) in [5.41, 5.74) is 6.36. The molecular weight excluding hydrogens is 394 g/mol. The Kier molecular flexibility index (Phi) is 5.08. The minimum atomic E-state index is -0.581. The van der Waals surface area contributed by atoms with Crippen molar-refractivity contribution in [1.29, 1.82) is 0 Å². The monoisotopic (exact) mass is 407 g/mol. The third-order valence-electron chi connectivity index (χ3n) is 4.00. The number of benzene rings is 1. The highest BCUT2D eigenvalue weighted by atomic mass is 35.5. The van der Waals surface area contributed by atoms with Crippen LogP contribution in [0.1, 0.15) is 20.8 Å². The summed E-state index contributed by atoms with van der Waals surface area (Å²) in [6, 6.07) is 15.3. The van der Waals surface area contributed by atoms with E-state index in [4.69, 9.17) is 16.0 Å². The van der Waals surface area contributed by atoms with Gasteiger partial charge in [0.15, 0.2) is 11.5 Å². The predicted octanol–water partition coefficient (Wildman–Crippen LogP) is 3.26. The molecule has 3 heterocycles. The Morgan fingerprint density at radius 1 is 1.00 bits per heavy atom. The molecule has 29 heavy (non-hydrogen) atoms. The molecular formula is C20H14ClN5O3. The van der Waals surface area contributed by atoms with E-state index in [0.717, 1.165) is 0 Å². The van der Waals surface area contributed by atoms with Crippen molar-refractivity contribution in [3.05, 3.63) is 89.5 Å². The van der Waals surface area contributed by atoms with Gasteiger partial charge in [0.2, 0.25) is 0 Å². The lowest BCUT2D eigenvalue weighted by molar-refractivity contribution is 0.0843. The first-order valence-corrected chi connectivity index (χ1v) is 8.90. The van der Waals surface area contributed by atoms with Gasteiger partial charge < -0.3 is 4.42 Å². The topological polar surface area (TPSA) is 102 Å². The second-order valence-electron chi connectivity index (χ2n) is 5.93. The van der Waals surface area contributed by atoms with Gasteiger partial charge in [-0.25, -0.2) is 4.68 Å². The number of aromatic nitrogens is 3. The van der Waals surface area contributed by atoms with Crippen molar-refractivity contribution >= 4 is 23.4 Å². The van der Waals surface area contributed by atoms with Gasteiger partial charge in [0.05, 0.1) is 17.5 Å². The molecule has 0 aliphatic carbocycles. The van der Waals surface area contributed by atoms with E-state index < -0.39 is 11.8 Å². The Bertz CT molecular complexity index is 1140. The third-order valence-corrected chi connectivity index (χ3v) is 4.25. The molecule has 2 N–H and O–H groups in total. The predicted molar refractivity (Wildman–Crippen MR) is 105 cm³/mol. The average molecular weight is 408 g/mol. The standard InChI is InChI=1S/C20H14ClN5O3/c21-14-5-7-15(8-6-14)26-17(18-4-2-10-29-18)11-16(25-26)20(28)24-23-19(27)13-3-1-9-22-12-13/h1-12H,(H,23,27)(H,24,28). The lowest BCUT2D eigenvalue weighted by Crippen LogP contribution is -2.41. The van der Waals surface area contributed by atoms with Crippen LogP contribution in [-0.2, 0) is 0 Å². The van der Waals surface area contributed by atoms with Crippen molar-refractivity contribution in [2.75, 3.05) is 0 Å². The van der Waals surface area contributed by atoms with Crippen LogP contribution < -0.4 is 10.9 Å². The fourth-order valence-electron chi connectivity index (χ4n) is 2.62. The van der Waals surface area contributed by atoms with Crippen LogP contribution in [0, 0.1) is 0 Å². The molecule has 8 nitrogen and oxygen atoms in total. The summed E-state index contributed by atoms with van der Waals surface area (Å²) in [6.07, 6.45) is 4.48. The molecule has 9 heteroatoms. The minimum Gasteiger partial charge on any atom is -0.463 e. The smallest absolute Gasteiger partial charge is 0.290 e. The van der Waals surface area contributed by atoms with E-state index >= 15 is 0 Å².